The quantitative estimate of drug-likeness (QED) is 0.233. The average Bonchev–Trinajstić information content (AvgIpc) is 3.20. The molecule has 3 rings (SSSR count). The number of nitrogens with two attached hydrogens (primary N) is 2. The predicted molar refractivity (Wildman–Crippen MR) is 138 cm³/mol. The van der Waals surface area contributed by atoms with Gasteiger partial charge in [-0.1, -0.05) is 23.7 Å². The zero-order valence-corrected chi connectivity index (χ0v) is 22.5. The molecule has 3 atom stereocenters. The molecule has 1 aromatic heterocycles. The van der Waals surface area contributed by atoms with E-state index < -0.39 is 78.9 Å². The number of nitrogens with one attached hydrogen (secondary N) is 1. The molecular weight excluding hydrogens is 614 g/mol. The molecule has 0 bridgehead atoms. The fourth-order valence-electron chi connectivity index (χ4n) is 3.88. The van der Waals surface area contributed by atoms with E-state index in [1.807, 2.05) is 0 Å². The molecule has 0 aliphatic carbocycles. The molecule has 43 heavy (non-hydrogen) atoms. The number of halogens is 7. The highest BCUT2D eigenvalue weighted by Gasteiger charge is 2.39. The number of ketones is 1. The van der Waals surface area contributed by atoms with Gasteiger partial charge < -0.3 is 21.9 Å². The second kappa shape index (κ2) is 13.0. The molecule has 18 heteroatoms. The third kappa shape index (κ3) is 8.42. The van der Waals surface area contributed by atoms with E-state index in [1.165, 1.54) is 24.3 Å². The number of hydrogen-bond donors (Lipinski definition) is 4. The minimum Gasteiger partial charge on any atom is -0.382 e. The zero-order valence-electron chi connectivity index (χ0n) is 21.7. The van der Waals surface area contributed by atoms with E-state index >= 15 is 0 Å². The first-order chi connectivity index (χ1) is 19.9. The number of nitrogens with zero attached hydrogens (tertiary/aromatic N) is 3. The lowest BCUT2D eigenvalue weighted by Gasteiger charge is -2.22. The van der Waals surface area contributed by atoms with Crippen LogP contribution in [0.1, 0.15) is 23.6 Å². The number of primary amides is 1. The summed E-state index contributed by atoms with van der Waals surface area (Å²) in [5.74, 6) is -3.68. The molecule has 0 aliphatic heterocycles. The van der Waals surface area contributed by atoms with Crippen molar-refractivity contribution in [2.45, 2.75) is 50.1 Å². The molecule has 0 aliphatic rings. The van der Waals surface area contributed by atoms with Crippen molar-refractivity contribution in [3.05, 3.63) is 75.2 Å². The summed E-state index contributed by atoms with van der Waals surface area (Å²) in [5, 5.41) is 15.9. The van der Waals surface area contributed by atoms with Crippen molar-refractivity contribution in [2.75, 3.05) is 0 Å². The Morgan fingerprint density at radius 2 is 1.67 bits per heavy atom. The topological polar surface area (TPSA) is 175 Å². The third-order valence-electron chi connectivity index (χ3n) is 5.98. The van der Waals surface area contributed by atoms with Crippen LogP contribution >= 0.6 is 11.6 Å². The summed E-state index contributed by atoms with van der Waals surface area (Å²) in [5.41, 5.74) is 8.02. The van der Waals surface area contributed by atoms with Crippen LogP contribution in [-0.4, -0.2) is 55.4 Å². The average molecular weight is 637 g/mol. The number of benzene rings is 2. The van der Waals surface area contributed by atoms with Crippen LogP contribution in [-0.2, 0) is 33.6 Å². The smallest absolute Gasteiger partial charge is 0.382 e. The standard InChI is InChI=1S/C25H23ClF6N6O5/c26-15-6-4-12(5-7-15)22-36-38(23(43)37(22)10-17(39)25(30,31)32)11-19(41)35-20(21(42)16(33)9-18(34)40)13-2-1-3-14(8-13)24(27,28)29/h1-8,16-17,20,39H,9-11,33H2,(H2,34,40)(H,35,41)/t16?,17-,20?/m0/s1. The lowest BCUT2D eigenvalue weighted by Crippen LogP contribution is -2.45. The first-order valence-corrected chi connectivity index (χ1v) is 12.5. The van der Waals surface area contributed by atoms with Crippen LogP contribution in [0.25, 0.3) is 11.4 Å². The number of carbonyl (C=O) groups excluding carboxylic acids is 3. The first-order valence-electron chi connectivity index (χ1n) is 12.1. The number of hydrogen-bond acceptors (Lipinski definition) is 7. The molecule has 2 aromatic carbocycles. The fourth-order valence-corrected chi connectivity index (χ4v) is 4.01. The molecule has 2 unspecified atom stereocenters. The number of amides is 2. The zero-order chi connectivity index (χ0) is 32.3. The van der Waals surface area contributed by atoms with Gasteiger partial charge in [0.05, 0.1) is 18.2 Å². The Labute approximate surface area is 243 Å². The van der Waals surface area contributed by atoms with E-state index in [0.29, 0.717) is 21.4 Å². The second-order valence-corrected chi connectivity index (χ2v) is 9.68. The van der Waals surface area contributed by atoms with E-state index in [2.05, 4.69) is 10.4 Å². The maximum Gasteiger partial charge on any atom is 0.416 e. The normalized spacial score (nSPS) is 14.2. The van der Waals surface area contributed by atoms with Gasteiger partial charge in [-0.05, 0) is 42.0 Å². The highest BCUT2D eigenvalue weighted by Crippen LogP contribution is 2.31. The Balaban J connectivity index is 2.00. The van der Waals surface area contributed by atoms with Crippen LogP contribution < -0.4 is 22.5 Å². The summed E-state index contributed by atoms with van der Waals surface area (Å²) in [6, 6.07) is 5.13. The molecule has 0 radical (unpaired) electrons. The summed E-state index contributed by atoms with van der Waals surface area (Å²) in [4.78, 5) is 50.3. The lowest BCUT2D eigenvalue weighted by atomic mass is 9.95. The summed E-state index contributed by atoms with van der Waals surface area (Å²) in [7, 11) is 0. The van der Waals surface area contributed by atoms with Crippen LogP contribution in [0.5, 0.6) is 0 Å². The van der Waals surface area contributed by atoms with Gasteiger partial charge in [0.2, 0.25) is 11.8 Å². The Morgan fingerprint density at radius 1 is 1.05 bits per heavy atom. The van der Waals surface area contributed by atoms with Crippen molar-refractivity contribution >= 4 is 29.2 Å². The Bertz CT molecular complexity index is 1550. The predicted octanol–water partition coefficient (Wildman–Crippen LogP) is 1.94. The van der Waals surface area contributed by atoms with Gasteiger partial charge in [-0.25, -0.2) is 9.48 Å². The maximum atomic E-state index is 13.3. The molecule has 11 nitrogen and oxygen atoms in total. The maximum absolute atomic E-state index is 13.3. The van der Waals surface area contributed by atoms with Gasteiger partial charge in [-0.2, -0.15) is 26.3 Å². The van der Waals surface area contributed by atoms with Gasteiger partial charge in [-0.3, -0.25) is 19.0 Å². The van der Waals surface area contributed by atoms with E-state index in [9.17, 15) is 50.6 Å². The number of aliphatic hydroxyl groups excluding tert-OH is 1. The van der Waals surface area contributed by atoms with E-state index in [-0.39, 0.29) is 22.0 Å². The number of alkyl halides is 6. The Kier molecular flexibility index (Phi) is 10.0. The monoisotopic (exact) mass is 636 g/mol. The summed E-state index contributed by atoms with van der Waals surface area (Å²) >= 11 is 5.84. The van der Waals surface area contributed by atoms with Crippen molar-refractivity contribution in [1.82, 2.24) is 19.7 Å². The largest absolute Gasteiger partial charge is 0.416 e. The molecule has 0 spiro atoms. The minimum absolute atomic E-state index is 0.0875. The molecular formula is C25H23ClF6N6O5. The fraction of sp³-hybridized carbons (Fsp3) is 0.320. The van der Waals surface area contributed by atoms with Crippen LogP contribution in [0, 0.1) is 0 Å². The van der Waals surface area contributed by atoms with Crippen LogP contribution in [0.15, 0.2) is 53.3 Å². The number of carbonyl (C=O) groups is 3. The molecule has 0 saturated carbocycles. The van der Waals surface area contributed by atoms with Crippen molar-refractivity contribution in [3.63, 3.8) is 0 Å². The van der Waals surface area contributed by atoms with Gasteiger partial charge in [0.25, 0.3) is 0 Å². The molecule has 232 valence electrons. The van der Waals surface area contributed by atoms with Gasteiger partial charge >= 0.3 is 18.0 Å². The van der Waals surface area contributed by atoms with E-state index in [4.69, 9.17) is 23.1 Å². The first kappa shape index (κ1) is 33.3. The minimum atomic E-state index is -5.11. The molecule has 2 amide bonds. The van der Waals surface area contributed by atoms with Crippen LogP contribution in [0.2, 0.25) is 5.02 Å². The molecule has 3 aromatic rings. The lowest BCUT2D eigenvalue weighted by molar-refractivity contribution is -0.207. The summed E-state index contributed by atoms with van der Waals surface area (Å²) in [6.07, 6.45) is -13.6. The number of rotatable bonds is 11. The molecule has 0 saturated heterocycles. The number of aliphatic hydroxyl groups is 1. The van der Waals surface area contributed by atoms with Gasteiger partial charge in [0.1, 0.15) is 12.6 Å². The van der Waals surface area contributed by atoms with Gasteiger partial charge in [0.15, 0.2) is 17.7 Å². The third-order valence-corrected chi connectivity index (χ3v) is 6.23. The molecule has 0 fully saturated rings. The molecule has 6 N–H and O–H groups in total. The Morgan fingerprint density at radius 3 is 2.23 bits per heavy atom. The van der Waals surface area contributed by atoms with Gasteiger partial charge in [-0.15, -0.1) is 5.10 Å². The van der Waals surface area contributed by atoms with E-state index in [0.717, 1.165) is 12.1 Å². The highest BCUT2D eigenvalue weighted by molar-refractivity contribution is 6.30. The number of Topliss-reactive ketones (excluding diaryl/α,β-unsaturated/α-hetero) is 1. The van der Waals surface area contributed by atoms with Crippen LogP contribution in [0.3, 0.4) is 0 Å². The van der Waals surface area contributed by atoms with Crippen molar-refractivity contribution in [1.29, 1.82) is 0 Å². The SMILES string of the molecule is NC(=O)CC(N)C(=O)C(NC(=O)Cn1nc(-c2ccc(Cl)cc2)n(C[C@H](O)C(F)(F)F)c1=O)c1cccc(C(F)(F)F)c1. The molecule has 1 heterocycles. The van der Waals surface area contributed by atoms with Crippen molar-refractivity contribution in [2.24, 2.45) is 11.5 Å². The van der Waals surface area contributed by atoms with Crippen molar-refractivity contribution < 1.29 is 45.8 Å². The summed E-state index contributed by atoms with van der Waals surface area (Å²) < 4.78 is 80.1. The summed E-state index contributed by atoms with van der Waals surface area (Å²) in [6.45, 7) is -2.32. The van der Waals surface area contributed by atoms with Gasteiger partial charge in [0, 0.05) is 17.0 Å². The van der Waals surface area contributed by atoms with E-state index in [1.54, 1.807) is 0 Å². The van der Waals surface area contributed by atoms with Crippen molar-refractivity contribution in [3.8, 4) is 11.4 Å². The highest BCUT2D eigenvalue weighted by atomic mass is 35.5. The van der Waals surface area contributed by atoms with Crippen LogP contribution in [0.4, 0.5) is 26.3 Å². The number of aromatic nitrogens is 3. The second-order valence-electron chi connectivity index (χ2n) is 9.24. The Hall–Kier alpha value is -4.22.